The van der Waals surface area contributed by atoms with E-state index >= 15 is 0 Å². The average molecular weight is 276 g/mol. The van der Waals surface area contributed by atoms with Crippen molar-refractivity contribution in [2.45, 2.75) is 13.0 Å². The fraction of sp³-hybridized carbons (Fsp3) is 0.273. The van der Waals surface area contributed by atoms with Crippen LogP contribution in [0.4, 0.5) is 18.9 Å². The van der Waals surface area contributed by atoms with Crippen LogP contribution < -0.4 is 11.1 Å². The zero-order valence-corrected chi connectivity index (χ0v) is 9.88. The van der Waals surface area contributed by atoms with Gasteiger partial charge in [-0.1, -0.05) is 0 Å². The quantitative estimate of drug-likeness (QED) is 0.487. The predicted octanol–water partition coefficient (Wildman–Crippen LogP) is 0.933. The van der Waals surface area contributed by atoms with Gasteiger partial charge >= 0.3 is 5.97 Å². The number of benzene rings is 1. The number of hydrogen-bond acceptors (Lipinski definition) is 4. The molecule has 0 aromatic heterocycles. The molecule has 0 radical (unpaired) electrons. The van der Waals surface area contributed by atoms with Crippen LogP contribution in [0.2, 0.25) is 0 Å². The van der Waals surface area contributed by atoms with Gasteiger partial charge in [-0.25, -0.2) is 18.0 Å². The van der Waals surface area contributed by atoms with E-state index in [4.69, 9.17) is 5.73 Å². The third kappa shape index (κ3) is 3.44. The molecule has 19 heavy (non-hydrogen) atoms. The van der Waals surface area contributed by atoms with Crippen LogP contribution in [0.1, 0.15) is 6.92 Å². The lowest BCUT2D eigenvalue weighted by molar-refractivity contribution is -0.146. The second-order valence-corrected chi connectivity index (χ2v) is 3.44. The highest BCUT2D eigenvalue weighted by atomic mass is 19.2. The summed E-state index contributed by atoms with van der Waals surface area (Å²) in [6.45, 7) is 1.52. The molecule has 0 fully saturated rings. The van der Waals surface area contributed by atoms with Crippen molar-refractivity contribution in [1.29, 1.82) is 0 Å². The van der Waals surface area contributed by atoms with Gasteiger partial charge in [-0.3, -0.25) is 4.79 Å². The Labute approximate surface area is 106 Å². The van der Waals surface area contributed by atoms with Crippen molar-refractivity contribution in [1.82, 2.24) is 0 Å². The number of esters is 1. The Morgan fingerprint density at radius 2 is 1.95 bits per heavy atom. The maximum atomic E-state index is 13.2. The molecule has 0 saturated carbocycles. The molecule has 5 nitrogen and oxygen atoms in total. The SMILES string of the molecule is CCOC(=O)C(N)C(=O)Nc1ccc(F)c(F)c1F. The second-order valence-electron chi connectivity index (χ2n) is 3.44. The molecular formula is C11H11F3N2O3. The fourth-order valence-corrected chi connectivity index (χ4v) is 1.17. The van der Waals surface area contributed by atoms with Crippen molar-refractivity contribution in [3.63, 3.8) is 0 Å². The topological polar surface area (TPSA) is 81.4 Å². The van der Waals surface area contributed by atoms with Gasteiger partial charge in [0.25, 0.3) is 5.91 Å². The van der Waals surface area contributed by atoms with Crippen LogP contribution in [0.15, 0.2) is 12.1 Å². The maximum absolute atomic E-state index is 13.2. The Morgan fingerprint density at radius 3 is 2.53 bits per heavy atom. The van der Waals surface area contributed by atoms with E-state index in [1.807, 2.05) is 5.32 Å². The van der Waals surface area contributed by atoms with E-state index in [1.54, 1.807) is 0 Å². The number of anilines is 1. The zero-order chi connectivity index (χ0) is 14.6. The molecule has 8 heteroatoms. The number of carbonyl (C=O) groups excluding carboxylic acids is 2. The highest BCUT2D eigenvalue weighted by Crippen LogP contribution is 2.19. The molecule has 1 unspecified atom stereocenters. The molecule has 1 atom stereocenters. The van der Waals surface area contributed by atoms with Crippen molar-refractivity contribution < 1.29 is 27.5 Å². The molecule has 0 aliphatic rings. The second kappa shape index (κ2) is 6.19. The lowest BCUT2D eigenvalue weighted by Crippen LogP contribution is -2.43. The van der Waals surface area contributed by atoms with Gasteiger partial charge in [0.15, 0.2) is 23.5 Å². The molecule has 1 aromatic carbocycles. The summed E-state index contributed by atoms with van der Waals surface area (Å²) in [5, 5.41) is 1.87. The first-order valence-corrected chi connectivity index (χ1v) is 5.25. The average Bonchev–Trinajstić information content (AvgIpc) is 2.38. The van der Waals surface area contributed by atoms with Crippen LogP contribution in [0.5, 0.6) is 0 Å². The van der Waals surface area contributed by atoms with Gasteiger partial charge in [0, 0.05) is 0 Å². The number of carbonyl (C=O) groups is 2. The van der Waals surface area contributed by atoms with Crippen LogP contribution in [0, 0.1) is 17.5 Å². The van der Waals surface area contributed by atoms with E-state index in [2.05, 4.69) is 4.74 Å². The van der Waals surface area contributed by atoms with Crippen molar-refractivity contribution in [3.05, 3.63) is 29.6 Å². The normalized spacial score (nSPS) is 11.8. The van der Waals surface area contributed by atoms with Gasteiger partial charge in [-0.15, -0.1) is 0 Å². The van der Waals surface area contributed by atoms with Crippen LogP contribution in [-0.2, 0) is 14.3 Å². The maximum Gasteiger partial charge on any atom is 0.332 e. The summed E-state index contributed by atoms with van der Waals surface area (Å²) in [4.78, 5) is 22.6. The lowest BCUT2D eigenvalue weighted by atomic mass is 10.2. The van der Waals surface area contributed by atoms with Crippen molar-refractivity contribution in [3.8, 4) is 0 Å². The first-order chi connectivity index (χ1) is 8.88. The van der Waals surface area contributed by atoms with Crippen LogP contribution in [-0.4, -0.2) is 24.5 Å². The third-order valence-corrected chi connectivity index (χ3v) is 2.12. The van der Waals surface area contributed by atoms with Crippen molar-refractivity contribution in [2.24, 2.45) is 5.73 Å². The summed E-state index contributed by atoms with van der Waals surface area (Å²) in [6, 6.07) is -0.250. The van der Waals surface area contributed by atoms with Gasteiger partial charge in [0.2, 0.25) is 0 Å². The Hall–Kier alpha value is -2.09. The van der Waals surface area contributed by atoms with Crippen LogP contribution >= 0.6 is 0 Å². The molecule has 0 bridgehead atoms. The molecular weight excluding hydrogens is 265 g/mol. The summed E-state index contributed by atoms with van der Waals surface area (Å²) in [5.41, 5.74) is 4.61. The molecule has 0 heterocycles. The molecule has 1 aromatic rings. The van der Waals surface area contributed by atoms with E-state index in [0.29, 0.717) is 6.07 Å². The number of nitrogens with two attached hydrogens (primary N) is 1. The van der Waals surface area contributed by atoms with Crippen LogP contribution in [0.3, 0.4) is 0 Å². The first kappa shape index (κ1) is 15.0. The van der Waals surface area contributed by atoms with Gasteiger partial charge in [0.1, 0.15) is 0 Å². The molecule has 3 N–H and O–H groups in total. The van der Waals surface area contributed by atoms with E-state index in [-0.39, 0.29) is 6.61 Å². The third-order valence-electron chi connectivity index (χ3n) is 2.12. The Balaban J connectivity index is 2.83. The van der Waals surface area contributed by atoms with Crippen LogP contribution in [0.25, 0.3) is 0 Å². The molecule has 1 amide bonds. The molecule has 0 spiro atoms. The number of amides is 1. The largest absolute Gasteiger partial charge is 0.464 e. The van der Waals surface area contributed by atoms with Gasteiger partial charge in [0.05, 0.1) is 12.3 Å². The minimum Gasteiger partial charge on any atom is -0.464 e. The highest BCUT2D eigenvalue weighted by Gasteiger charge is 2.25. The summed E-state index contributed by atoms with van der Waals surface area (Å²) < 4.78 is 43.3. The molecule has 104 valence electrons. The predicted molar refractivity (Wildman–Crippen MR) is 59.6 cm³/mol. The lowest BCUT2D eigenvalue weighted by Gasteiger charge is -2.12. The summed E-state index contributed by atoms with van der Waals surface area (Å²) in [6.07, 6.45) is 0. The first-order valence-electron chi connectivity index (χ1n) is 5.25. The minimum absolute atomic E-state index is 0.0132. The number of nitrogens with one attached hydrogen (secondary N) is 1. The summed E-state index contributed by atoms with van der Waals surface area (Å²) in [7, 11) is 0. The number of hydrogen-bond donors (Lipinski definition) is 2. The van der Waals surface area contributed by atoms with Gasteiger partial charge in [-0.2, -0.15) is 0 Å². The van der Waals surface area contributed by atoms with E-state index in [1.165, 1.54) is 6.92 Å². The Kier molecular flexibility index (Phi) is 4.87. The number of ether oxygens (including phenoxy) is 1. The molecule has 0 aliphatic carbocycles. The van der Waals surface area contributed by atoms with E-state index < -0.39 is 41.1 Å². The Morgan fingerprint density at radius 1 is 1.32 bits per heavy atom. The number of rotatable bonds is 4. The Bertz CT molecular complexity index is 508. The molecule has 0 saturated heterocycles. The standard InChI is InChI=1S/C11H11F3N2O3/c1-2-19-11(18)9(15)10(17)16-6-4-3-5(12)7(13)8(6)14/h3-4,9H,2,15H2,1H3,(H,16,17). The van der Waals surface area contributed by atoms with Gasteiger partial charge in [-0.05, 0) is 19.1 Å². The summed E-state index contributed by atoms with van der Waals surface area (Å²) in [5.74, 6) is -6.82. The monoisotopic (exact) mass is 276 g/mol. The van der Waals surface area contributed by atoms with E-state index in [0.717, 1.165) is 6.07 Å². The smallest absolute Gasteiger partial charge is 0.332 e. The molecule has 1 rings (SSSR count). The van der Waals surface area contributed by atoms with Crippen molar-refractivity contribution in [2.75, 3.05) is 11.9 Å². The molecule has 0 aliphatic heterocycles. The number of halogens is 3. The van der Waals surface area contributed by atoms with E-state index in [9.17, 15) is 22.8 Å². The summed E-state index contributed by atoms with van der Waals surface area (Å²) >= 11 is 0. The van der Waals surface area contributed by atoms with Gasteiger partial charge < -0.3 is 15.8 Å². The fourth-order valence-electron chi connectivity index (χ4n) is 1.17. The minimum atomic E-state index is -1.73. The zero-order valence-electron chi connectivity index (χ0n) is 9.88. The van der Waals surface area contributed by atoms with Crippen molar-refractivity contribution >= 4 is 17.6 Å². The highest BCUT2D eigenvalue weighted by molar-refractivity contribution is 6.08.